The van der Waals surface area contributed by atoms with Crippen molar-refractivity contribution in [3.8, 4) is 0 Å². The van der Waals surface area contributed by atoms with Crippen molar-refractivity contribution >= 4 is 21.7 Å². The Balaban J connectivity index is 2.90. The van der Waals surface area contributed by atoms with Gasteiger partial charge in [0.25, 0.3) is 0 Å². The van der Waals surface area contributed by atoms with Crippen molar-refractivity contribution in [1.29, 1.82) is 0 Å². The molecular weight excluding hydrogens is 282 g/mol. The lowest BCUT2D eigenvalue weighted by molar-refractivity contribution is -0.140. The summed E-state index contributed by atoms with van der Waals surface area (Å²) in [5.74, 6) is -3.04. The van der Waals surface area contributed by atoms with Gasteiger partial charge in [-0.2, -0.15) is 0 Å². The molecule has 3 N–H and O–H groups in total. The lowest BCUT2D eigenvalue weighted by Crippen LogP contribution is -2.27. The van der Waals surface area contributed by atoms with E-state index in [9.17, 15) is 22.0 Å². The van der Waals surface area contributed by atoms with Crippen LogP contribution in [-0.4, -0.2) is 28.0 Å². The third-order valence-corrected chi connectivity index (χ3v) is 3.71. The second-order valence-corrected chi connectivity index (χ2v) is 5.23. The predicted octanol–water partition coefficient (Wildman–Crippen LogP) is 0.388. The Morgan fingerprint density at radius 2 is 2.05 bits per heavy atom. The van der Waals surface area contributed by atoms with Gasteiger partial charge in [-0.15, -0.1) is 0 Å². The molecule has 0 spiro atoms. The van der Waals surface area contributed by atoms with Crippen LogP contribution in [0.25, 0.3) is 0 Å². The van der Waals surface area contributed by atoms with E-state index >= 15 is 0 Å². The molecule has 6 nitrogen and oxygen atoms in total. The van der Waals surface area contributed by atoms with Crippen molar-refractivity contribution in [3.05, 3.63) is 23.8 Å². The molecule has 0 heterocycles. The number of halogens is 2. The average Bonchev–Trinajstić information content (AvgIpc) is 2.35. The van der Waals surface area contributed by atoms with Gasteiger partial charge in [0.1, 0.15) is 16.4 Å². The molecule has 0 saturated heterocycles. The zero-order valence-corrected chi connectivity index (χ0v) is 10.8. The summed E-state index contributed by atoms with van der Waals surface area (Å²) in [6.07, 6.45) is -0.214. The van der Waals surface area contributed by atoms with Crippen LogP contribution in [0.2, 0.25) is 0 Å². The van der Waals surface area contributed by atoms with E-state index in [2.05, 4.69) is 4.74 Å². The number of anilines is 1. The molecule has 0 aromatic heterocycles. The number of rotatable bonds is 5. The molecule has 0 fully saturated rings. The van der Waals surface area contributed by atoms with Gasteiger partial charge >= 0.3 is 5.97 Å². The van der Waals surface area contributed by atoms with E-state index in [1.54, 1.807) is 0 Å². The molecule has 1 aromatic rings. The maximum Gasteiger partial charge on any atom is 0.306 e. The number of hydrogen-bond acceptors (Lipinski definition) is 5. The highest BCUT2D eigenvalue weighted by molar-refractivity contribution is 7.89. The molecule has 0 bridgehead atoms. The fourth-order valence-electron chi connectivity index (χ4n) is 1.22. The number of methoxy groups -OCH3 is 1. The first-order valence-corrected chi connectivity index (χ1v) is 6.58. The summed E-state index contributed by atoms with van der Waals surface area (Å²) in [4.78, 5) is 10.0. The smallest absolute Gasteiger partial charge is 0.306 e. The number of nitrogens with one attached hydrogen (secondary N) is 1. The van der Waals surface area contributed by atoms with Gasteiger partial charge in [0.05, 0.1) is 13.5 Å². The Bertz CT molecular complexity index is 589. The molecule has 1 aromatic carbocycles. The molecule has 0 unspecified atom stereocenters. The van der Waals surface area contributed by atoms with E-state index in [0.29, 0.717) is 0 Å². The Morgan fingerprint density at radius 3 is 2.63 bits per heavy atom. The van der Waals surface area contributed by atoms with E-state index in [1.807, 2.05) is 4.72 Å². The molecular formula is C10H12F2N2O4S. The fourth-order valence-corrected chi connectivity index (χ4v) is 2.34. The van der Waals surface area contributed by atoms with Crippen LogP contribution < -0.4 is 10.5 Å². The minimum absolute atomic E-state index is 0.214. The first-order chi connectivity index (χ1) is 8.79. The number of carbonyl (C=O) groups excluding carboxylic acids is 1. The normalized spacial score (nSPS) is 11.3. The summed E-state index contributed by atoms with van der Waals surface area (Å²) in [5.41, 5.74) is 4.18. The summed E-state index contributed by atoms with van der Waals surface area (Å²) < 4.78 is 56.1. The summed E-state index contributed by atoms with van der Waals surface area (Å²) in [6.45, 7) is -0.272. The van der Waals surface area contributed by atoms with Crippen molar-refractivity contribution in [3.63, 3.8) is 0 Å². The molecule has 0 amide bonds. The molecule has 0 saturated carbocycles. The van der Waals surface area contributed by atoms with Crippen molar-refractivity contribution in [2.45, 2.75) is 11.3 Å². The van der Waals surface area contributed by atoms with Gasteiger partial charge in [0.2, 0.25) is 10.0 Å². The van der Waals surface area contributed by atoms with Crippen molar-refractivity contribution < 1.29 is 26.7 Å². The van der Waals surface area contributed by atoms with Crippen LogP contribution in [0.3, 0.4) is 0 Å². The zero-order chi connectivity index (χ0) is 14.6. The third kappa shape index (κ3) is 3.61. The highest BCUT2D eigenvalue weighted by atomic mass is 32.2. The number of hydrogen-bond donors (Lipinski definition) is 2. The highest BCUT2D eigenvalue weighted by Gasteiger charge is 2.22. The van der Waals surface area contributed by atoms with Gasteiger partial charge < -0.3 is 10.5 Å². The SMILES string of the molecule is COC(=O)CCNS(=O)(=O)c1ccc(F)c(N)c1F. The Morgan fingerprint density at radius 1 is 1.42 bits per heavy atom. The van der Waals surface area contributed by atoms with Gasteiger partial charge in [0, 0.05) is 6.54 Å². The molecule has 9 heteroatoms. The van der Waals surface area contributed by atoms with E-state index in [4.69, 9.17) is 5.73 Å². The van der Waals surface area contributed by atoms with Crippen LogP contribution in [0.1, 0.15) is 6.42 Å². The van der Waals surface area contributed by atoms with E-state index in [1.165, 1.54) is 0 Å². The molecule has 106 valence electrons. The van der Waals surface area contributed by atoms with Gasteiger partial charge in [-0.3, -0.25) is 4.79 Å². The summed E-state index contributed by atoms with van der Waals surface area (Å²) in [5, 5.41) is 0. The van der Waals surface area contributed by atoms with Crippen LogP contribution in [0.15, 0.2) is 17.0 Å². The van der Waals surface area contributed by atoms with Crippen molar-refractivity contribution in [2.24, 2.45) is 0 Å². The first-order valence-electron chi connectivity index (χ1n) is 5.09. The quantitative estimate of drug-likeness (QED) is 0.604. The molecule has 0 atom stereocenters. The number of benzene rings is 1. The standard InChI is InChI=1S/C10H12F2N2O4S/c1-18-8(15)4-5-14-19(16,17)7-3-2-6(11)10(13)9(7)12/h2-3,14H,4-5,13H2,1H3. The molecule has 19 heavy (non-hydrogen) atoms. The number of esters is 1. The van der Waals surface area contributed by atoms with Gasteiger partial charge in [-0.25, -0.2) is 21.9 Å². The Labute approximate surface area is 108 Å². The molecule has 0 aliphatic rings. The maximum absolute atomic E-state index is 13.5. The van der Waals surface area contributed by atoms with Crippen LogP contribution in [-0.2, 0) is 19.6 Å². The van der Waals surface area contributed by atoms with Crippen LogP contribution in [0, 0.1) is 11.6 Å². The van der Waals surface area contributed by atoms with Gasteiger partial charge in [-0.1, -0.05) is 0 Å². The van der Waals surface area contributed by atoms with Crippen molar-refractivity contribution in [1.82, 2.24) is 4.72 Å². The fraction of sp³-hybridized carbons (Fsp3) is 0.300. The molecule has 0 aliphatic heterocycles. The van der Waals surface area contributed by atoms with Gasteiger partial charge in [0.15, 0.2) is 5.82 Å². The second-order valence-electron chi connectivity index (χ2n) is 3.50. The predicted molar refractivity (Wildman–Crippen MR) is 62.6 cm³/mol. The second kappa shape index (κ2) is 5.93. The number of nitrogen functional groups attached to an aromatic ring is 1. The highest BCUT2D eigenvalue weighted by Crippen LogP contribution is 2.22. The lowest BCUT2D eigenvalue weighted by Gasteiger charge is -2.08. The maximum atomic E-state index is 13.5. The van der Waals surface area contributed by atoms with Crippen molar-refractivity contribution in [2.75, 3.05) is 19.4 Å². The number of sulfonamides is 1. The van der Waals surface area contributed by atoms with Gasteiger partial charge in [-0.05, 0) is 12.1 Å². The van der Waals surface area contributed by atoms with Crippen LogP contribution in [0.4, 0.5) is 14.5 Å². The molecule has 1 rings (SSSR count). The molecule has 0 radical (unpaired) electrons. The van der Waals surface area contributed by atoms with Crippen LogP contribution >= 0.6 is 0 Å². The summed E-state index contributed by atoms with van der Waals surface area (Å²) in [7, 11) is -3.06. The zero-order valence-electron chi connectivity index (χ0n) is 9.94. The number of nitrogens with two attached hydrogens (primary N) is 1. The van der Waals surface area contributed by atoms with E-state index in [-0.39, 0.29) is 13.0 Å². The lowest BCUT2D eigenvalue weighted by atomic mass is 10.3. The average molecular weight is 294 g/mol. The third-order valence-electron chi connectivity index (χ3n) is 2.23. The monoisotopic (exact) mass is 294 g/mol. The number of ether oxygens (including phenoxy) is 1. The summed E-state index contributed by atoms with van der Waals surface area (Å²) >= 11 is 0. The first kappa shape index (κ1) is 15.3. The largest absolute Gasteiger partial charge is 0.469 e. The minimum Gasteiger partial charge on any atom is -0.469 e. The minimum atomic E-state index is -4.21. The number of carbonyl (C=O) groups is 1. The van der Waals surface area contributed by atoms with E-state index < -0.39 is 38.2 Å². The Kier molecular flexibility index (Phi) is 4.78. The van der Waals surface area contributed by atoms with Crippen LogP contribution in [0.5, 0.6) is 0 Å². The molecule has 0 aliphatic carbocycles. The topological polar surface area (TPSA) is 98.5 Å². The Hall–Kier alpha value is -1.74. The van der Waals surface area contributed by atoms with E-state index in [0.717, 1.165) is 19.2 Å². The summed E-state index contributed by atoms with van der Waals surface area (Å²) in [6, 6.07) is 1.49.